The van der Waals surface area contributed by atoms with E-state index < -0.39 is 0 Å². The number of methoxy groups -OCH3 is 1. The van der Waals surface area contributed by atoms with Crippen molar-refractivity contribution in [2.75, 3.05) is 40.1 Å². The Balaban J connectivity index is 1.44. The summed E-state index contributed by atoms with van der Waals surface area (Å²) in [5, 5.41) is 9.61. The third-order valence-electron chi connectivity index (χ3n) is 5.91. The van der Waals surface area contributed by atoms with Crippen molar-refractivity contribution in [3.63, 3.8) is 0 Å². The van der Waals surface area contributed by atoms with Gasteiger partial charge in [-0.15, -0.1) is 0 Å². The molecule has 156 valence electrons. The molecule has 6 nitrogen and oxygen atoms in total. The van der Waals surface area contributed by atoms with Gasteiger partial charge in [0.15, 0.2) is 11.5 Å². The topological polar surface area (TPSA) is 54.4 Å². The van der Waals surface area contributed by atoms with E-state index >= 15 is 0 Å². The quantitative estimate of drug-likeness (QED) is 0.774. The maximum atomic E-state index is 9.61. The third kappa shape index (κ3) is 4.50. The van der Waals surface area contributed by atoms with Gasteiger partial charge in [-0.1, -0.05) is 24.3 Å². The van der Waals surface area contributed by atoms with E-state index in [9.17, 15) is 5.11 Å². The smallest absolute Gasteiger partial charge is 0.231 e. The Hall–Kier alpha value is -2.28. The summed E-state index contributed by atoms with van der Waals surface area (Å²) in [7, 11) is 1.66. The average Bonchev–Trinajstić information content (AvgIpc) is 3.20. The molecule has 2 aliphatic heterocycles. The first-order chi connectivity index (χ1) is 14.2. The van der Waals surface area contributed by atoms with Crippen LogP contribution in [-0.4, -0.2) is 61.1 Å². The number of fused-ring (bicyclic) bond motifs is 1. The molecule has 0 aliphatic carbocycles. The molecule has 1 atom stereocenters. The van der Waals surface area contributed by atoms with Crippen LogP contribution in [0, 0.1) is 6.92 Å². The first-order valence-electron chi connectivity index (χ1n) is 10.3. The molecular formula is C23H30N2O4. The Morgan fingerprint density at radius 2 is 2.00 bits per heavy atom. The number of aliphatic hydroxyl groups is 1. The zero-order chi connectivity index (χ0) is 20.2. The van der Waals surface area contributed by atoms with Gasteiger partial charge in [0.2, 0.25) is 12.5 Å². The number of nitrogens with zero attached hydrogens (tertiary/aromatic N) is 2. The van der Waals surface area contributed by atoms with E-state index in [2.05, 4.69) is 41.0 Å². The molecule has 6 heteroatoms. The molecule has 0 saturated carbocycles. The number of hydrogen-bond donors (Lipinski definition) is 1. The molecule has 0 bridgehead atoms. The molecule has 2 heterocycles. The van der Waals surface area contributed by atoms with Crippen LogP contribution in [0.4, 0.5) is 0 Å². The lowest BCUT2D eigenvalue weighted by atomic mass is 10.0. The molecule has 4 rings (SSSR count). The molecule has 29 heavy (non-hydrogen) atoms. The van der Waals surface area contributed by atoms with Crippen molar-refractivity contribution in [3.05, 3.63) is 53.1 Å². The van der Waals surface area contributed by atoms with Gasteiger partial charge < -0.3 is 19.3 Å². The van der Waals surface area contributed by atoms with Gasteiger partial charge in [-0.05, 0) is 42.2 Å². The lowest BCUT2D eigenvalue weighted by molar-refractivity contribution is 0.0498. The van der Waals surface area contributed by atoms with E-state index in [4.69, 9.17) is 14.2 Å². The highest BCUT2D eigenvalue weighted by Gasteiger charge is 2.28. The molecule has 0 radical (unpaired) electrons. The Morgan fingerprint density at radius 3 is 2.79 bits per heavy atom. The van der Waals surface area contributed by atoms with Crippen LogP contribution >= 0.6 is 0 Å². The second kappa shape index (κ2) is 9.03. The highest BCUT2D eigenvalue weighted by molar-refractivity contribution is 5.55. The van der Waals surface area contributed by atoms with Crippen LogP contribution in [0.25, 0.3) is 0 Å². The van der Waals surface area contributed by atoms with Gasteiger partial charge in [0.25, 0.3) is 0 Å². The number of piperazine rings is 1. The maximum Gasteiger partial charge on any atom is 0.231 e. The fraction of sp³-hybridized carbons (Fsp3) is 0.478. The van der Waals surface area contributed by atoms with Crippen molar-refractivity contribution in [1.29, 1.82) is 0 Å². The lowest BCUT2D eigenvalue weighted by Crippen LogP contribution is -2.52. The van der Waals surface area contributed by atoms with Crippen molar-refractivity contribution in [2.45, 2.75) is 32.5 Å². The zero-order valence-corrected chi connectivity index (χ0v) is 17.3. The fourth-order valence-electron chi connectivity index (χ4n) is 4.27. The standard InChI is InChI=1S/C23H30N2O4/c1-17-5-3-4-6-19(17)14-25-9-8-24(15-20(25)7-10-26)13-18-11-21(27-2)23-22(12-18)28-16-29-23/h3-6,11-12,20,26H,7-10,13-16H2,1-2H3/t20-/m1/s1. The van der Waals surface area contributed by atoms with Gasteiger partial charge in [0.1, 0.15) is 0 Å². The molecular weight excluding hydrogens is 368 g/mol. The molecule has 2 aliphatic rings. The summed E-state index contributed by atoms with van der Waals surface area (Å²) in [5.74, 6) is 2.17. The minimum Gasteiger partial charge on any atom is -0.493 e. The average molecular weight is 399 g/mol. The van der Waals surface area contributed by atoms with Gasteiger partial charge in [0.05, 0.1) is 7.11 Å². The third-order valence-corrected chi connectivity index (χ3v) is 5.91. The van der Waals surface area contributed by atoms with Gasteiger partial charge in [-0.3, -0.25) is 9.80 Å². The second-order valence-electron chi connectivity index (χ2n) is 7.83. The van der Waals surface area contributed by atoms with E-state index in [-0.39, 0.29) is 13.4 Å². The highest BCUT2D eigenvalue weighted by atomic mass is 16.7. The number of hydrogen-bond acceptors (Lipinski definition) is 6. The van der Waals surface area contributed by atoms with E-state index in [1.807, 2.05) is 12.1 Å². The number of rotatable bonds is 7. The van der Waals surface area contributed by atoms with E-state index in [1.54, 1.807) is 7.11 Å². The number of benzene rings is 2. The Bertz CT molecular complexity index is 842. The van der Waals surface area contributed by atoms with Crippen LogP contribution in [-0.2, 0) is 13.1 Å². The monoisotopic (exact) mass is 398 g/mol. The summed E-state index contributed by atoms with van der Waals surface area (Å²) in [6.45, 7) is 7.29. The number of aryl methyl sites for hydroxylation is 1. The molecule has 0 unspecified atom stereocenters. The minimum atomic E-state index is 0.209. The van der Waals surface area contributed by atoms with Crippen molar-refractivity contribution >= 4 is 0 Å². The lowest BCUT2D eigenvalue weighted by Gasteiger charge is -2.41. The summed E-state index contributed by atoms with van der Waals surface area (Å²) >= 11 is 0. The van der Waals surface area contributed by atoms with Crippen LogP contribution in [0.3, 0.4) is 0 Å². The second-order valence-corrected chi connectivity index (χ2v) is 7.83. The molecule has 2 aromatic carbocycles. The SMILES string of the molecule is COc1cc(CN2CCN(Cc3ccccc3C)[C@H](CCO)C2)cc2c1OCO2. The molecule has 1 N–H and O–H groups in total. The Morgan fingerprint density at radius 1 is 1.14 bits per heavy atom. The van der Waals surface area contributed by atoms with Crippen molar-refractivity contribution in [3.8, 4) is 17.2 Å². The van der Waals surface area contributed by atoms with E-state index in [1.165, 1.54) is 11.1 Å². The zero-order valence-electron chi connectivity index (χ0n) is 17.3. The van der Waals surface area contributed by atoms with Crippen molar-refractivity contribution in [2.24, 2.45) is 0 Å². The van der Waals surface area contributed by atoms with Crippen LogP contribution in [0.2, 0.25) is 0 Å². The Labute approximate surface area is 172 Å². The molecule has 1 fully saturated rings. The molecule has 0 amide bonds. The van der Waals surface area contributed by atoms with Crippen LogP contribution < -0.4 is 14.2 Å². The number of ether oxygens (including phenoxy) is 3. The normalized spacial score (nSPS) is 19.5. The van der Waals surface area contributed by atoms with E-state index in [0.717, 1.165) is 56.2 Å². The molecule has 1 saturated heterocycles. The summed E-state index contributed by atoms with van der Waals surface area (Å²) in [5.41, 5.74) is 3.84. The van der Waals surface area contributed by atoms with E-state index in [0.29, 0.717) is 11.8 Å². The first kappa shape index (κ1) is 20.0. The molecule has 2 aromatic rings. The number of aliphatic hydroxyl groups excluding tert-OH is 1. The summed E-state index contributed by atoms with van der Waals surface area (Å²) in [4.78, 5) is 4.96. The Kier molecular flexibility index (Phi) is 6.23. The summed E-state index contributed by atoms with van der Waals surface area (Å²) in [6.07, 6.45) is 0.785. The summed E-state index contributed by atoms with van der Waals surface area (Å²) in [6, 6.07) is 13.0. The van der Waals surface area contributed by atoms with Crippen LogP contribution in [0.5, 0.6) is 17.2 Å². The fourth-order valence-corrected chi connectivity index (χ4v) is 4.27. The highest BCUT2D eigenvalue weighted by Crippen LogP contribution is 2.42. The maximum absolute atomic E-state index is 9.61. The van der Waals surface area contributed by atoms with Gasteiger partial charge in [0, 0.05) is 45.4 Å². The minimum absolute atomic E-state index is 0.209. The van der Waals surface area contributed by atoms with Crippen molar-refractivity contribution in [1.82, 2.24) is 9.80 Å². The summed E-state index contributed by atoms with van der Waals surface area (Å²) < 4.78 is 16.5. The van der Waals surface area contributed by atoms with Crippen molar-refractivity contribution < 1.29 is 19.3 Å². The largest absolute Gasteiger partial charge is 0.493 e. The van der Waals surface area contributed by atoms with Gasteiger partial charge in [-0.2, -0.15) is 0 Å². The van der Waals surface area contributed by atoms with Crippen LogP contribution in [0.1, 0.15) is 23.1 Å². The van der Waals surface area contributed by atoms with Crippen LogP contribution in [0.15, 0.2) is 36.4 Å². The molecule has 0 spiro atoms. The first-order valence-corrected chi connectivity index (χ1v) is 10.3. The predicted octanol–water partition coefficient (Wildman–Crippen LogP) is 2.80. The predicted molar refractivity (Wildman–Crippen MR) is 111 cm³/mol. The van der Waals surface area contributed by atoms with Gasteiger partial charge >= 0.3 is 0 Å². The molecule has 0 aromatic heterocycles. The van der Waals surface area contributed by atoms with Gasteiger partial charge in [-0.25, -0.2) is 0 Å².